The molecule has 5 nitrogen and oxygen atoms in total. The van der Waals surface area contributed by atoms with E-state index in [0.29, 0.717) is 17.5 Å². The van der Waals surface area contributed by atoms with Crippen LogP contribution in [0.3, 0.4) is 0 Å². The third-order valence-corrected chi connectivity index (χ3v) is 12.0. The standard InChI is InChI=1S/C58H37N5/c1-5-15-38(16-6-1)39-25-29-43(30-26-39)57-60-56(42-19-9-3-10-20-42)61-58(62-57)44-31-27-40(28-32-44)45-33-35-50-49(37-45)47-34-36-52-53(54(47)55(59-50)41-17-7-2-8-18-41)48-23-13-14-24-51(48)63(52)46-21-11-4-12-22-46/h1-37H. The molecule has 0 aliphatic heterocycles. The largest absolute Gasteiger partial charge is 0.309 e. The number of rotatable bonds is 7. The van der Waals surface area contributed by atoms with Crippen LogP contribution in [-0.2, 0) is 0 Å². The quantitative estimate of drug-likeness (QED) is 0.151. The first-order valence-electron chi connectivity index (χ1n) is 21.2. The summed E-state index contributed by atoms with van der Waals surface area (Å²) < 4.78 is 2.38. The van der Waals surface area contributed by atoms with Crippen molar-refractivity contribution in [2.24, 2.45) is 0 Å². The first kappa shape index (κ1) is 36.3. The Balaban J connectivity index is 0.983. The molecule has 0 fully saturated rings. The molecule has 0 spiro atoms. The van der Waals surface area contributed by atoms with Gasteiger partial charge in [0.2, 0.25) is 0 Å². The Morgan fingerprint density at radius 2 is 0.730 bits per heavy atom. The molecule has 0 amide bonds. The summed E-state index contributed by atoms with van der Waals surface area (Å²) in [5, 5.41) is 5.84. The fourth-order valence-electron chi connectivity index (χ4n) is 9.00. The molecule has 0 saturated carbocycles. The van der Waals surface area contributed by atoms with Gasteiger partial charge in [-0.1, -0.05) is 188 Å². The summed E-state index contributed by atoms with van der Waals surface area (Å²) in [6, 6.07) is 78.6. The van der Waals surface area contributed by atoms with Crippen LogP contribution in [0.1, 0.15) is 0 Å². The lowest BCUT2D eigenvalue weighted by Crippen LogP contribution is -2.00. The average Bonchev–Trinajstić information content (AvgIpc) is 3.71. The van der Waals surface area contributed by atoms with Gasteiger partial charge in [-0.2, -0.15) is 0 Å². The third-order valence-electron chi connectivity index (χ3n) is 12.0. The van der Waals surface area contributed by atoms with E-state index in [1.54, 1.807) is 0 Å². The summed E-state index contributed by atoms with van der Waals surface area (Å²) in [5.41, 5.74) is 13.8. The van der Waals surface area contributed by atoms with E-state index in [0.717, 1.165) is 72.1 Å². The van der Waals surface area contributed by atoms with Crippen LogP contribution in [0.2, 0.25) is 0 Å². The van der Waals surface area contributed by atoms with Crippen LogP contribution in [-0.4, -0.2) is 24.5 Å². The van der Waals surface area contributed by atoms with Crippen molar-refractivity contribution in [2.45, 2.75) is 0 Å². The van der Waals surface area contributed by atoms with Crippen LogP contribution in [0.5, 0.6) is 0 Å². The van der Waals surface area contributed by atoms with Gasteiger partial charge >= 0.3 is 0 Å². The summed E-state index contributed by atoms with van der Waals surface area (Å²) in [6.07, 6.45) is 0. The number of aromatic nitrogens is 5. The maximum absolute atomic E-state index is 5.46. The fraction of sp³-hybridized carbons (Fsp3) is 0. The molecule has 9 aromatic carbocycles. The SMILES string of the molecule is c1ccc(-c2ccc(-c3nc(-c4ccccc4)nc(-c4ccc(-c5ccc6nc(-c7ccccc7)c7c(ccc8c7c7ccccc7n8-c7ccccc7)c6c5)cc4)n3)cc2)cc1. The Kier molecular flexibility index (Phi) is 8.75. The minimum absolute atomic E-state index is 0.623. The van der Waals surface area contributed by atoms with Crippen LogP contribution < -0.4 is 0 Å². The van der Waals surface area contributed by atoms with Gasteiger partial charge in [0.25, 0.3) is 0 Å². The Bertz CT molecular complexity index is 3620. The molecule has 0 aliphatic rings. The molecular formula is C58H37N5. The van der Waals surface area contributed by atoms with Gasteiger partial charge in [-0.25, -0.2) is 19.9 Å². The molecule has 0 radical (unpaired) electrons. The van der Waals surface area contributed by atoms with E-state index >= 15 is 0 Å². The molecule has 0 unspecified atom stereocenters. The molecular weight excluding hydrogens is 767 g/mol. The molecule has 0 bridgehead atoms. The van der Waals surface area contributed by atoms with Crippen molar-refractivity contribution in [1.82, 2.24) is 24.5 Å². The molecule has 12 aromatic rings. The molecule has 0 saturated heterocycles. The smallest absolute Gasteiger partial charge is 0.164 e. The first-order chi connectivity index (χ1) is 31.2. The van der Waals surface area contributed by atoms with Gasteiger partial charge in [0.1, 0.15) is 0 Å². The van der Waals surface area contributed by atoms with Crippen LogP contribution in [0.15, 0.2) is 224 Å². The minimum atomic E-state index is 0.623. The predicted octanol–water partition coefficient (Wildman–Crippen LogP) is 14.7. The number of hydrogen-bond acceptors (Lipinski definition) is 4. The molecule has 12 rings (SSSR count). The minimum Gasteiger partial charge on any atom is -0.309 e. The van der Waals surface area contributed by atoms with E-state index in [9.17, 15) is 0 Å². The highest BCUT2D eigenvalue weighted by atomic mass is 15.0. The van der Waals surface area contributed by atoms with Gasteiger partial charge in [-0.15, -0.1) is 0 Å². The van der Waals surface area contributed by atoms with Gasteiger partial charge in [0.05, 0.1) is 22.2 Å². The molecule has 294 valence electrons. The molecule has 5 heteroatoms. The second-order valence-corrected chi connectivity index (χ2v) is 15.8. The Hall–Kier alpha value is -8.54. The normalized spacial score (nSPS) is 11.5. The topological polar surface area (TPSA) is 56.5 Å². The van der Waals surface area contributed by atoms with Gasteiger partial charge in [-0.05, 0) is 64.0 Å². The van der Waals surface area contributed by atoms with Crippen molar-refractivity contribution in [3.63, 3.8) is 0 Å². The summed E-state index contributed by atoms with van der Waals surface area (Å²) in [6.45, 7) is 0. The van der Waals surface area contributed by atoms with E-state index in [4.69, 9.17) is 19.9 Å². The second kappa shape index (κ2) is 15.2. The van der Waals surface area contributed by atoms with Gasteiger partial charge in [0.15, 0.2) is 17.5 Å². The van der Waals surface area contributed by atoms with Gasteiger partial charge in [-0.3, -0.25) is 0 Å². The van der Waals surface area contributed by atoms with Crippen LogP contribution >= 0.6 is 0 Å². The van der Waals surface area contributed by atoms with Crippen LogP contribution in [0.4, 0.5) is 0 Å². The number of pyridine rings is 1. The number of nitrogens with zero attached hydrogens (tertiary/aromatic N) is 5. The Morgan fingerprint density at radius 1 is 0.270 bits per heavy atom. The molecule has 3 aromatic heterocycles. The lowest BCUT2D eigenvalue weighted by atomic mass is 9.94. The fourth-order valence-corrected chi connectivity index (χ4v) is 9.00. The van der Waals surface area contributed by atoms with Crippen LogP contribution in [0.25, 0.3) is 117 Å². The molecule has 63 heavy (non-hydrogen) atoms. The zero-order valence-corrected chi connectivity index (χ0v) is 34.1. The zero-order chi connectivity index (χ0) is 41.7. The van der Waals surface area contributed by atoms with E-state index in [1.165, 1.54) is 27.2 Å². The van der Waals surface area contributed by atoms with Crippen molar-refractivity contribution in [3.8, 4) is 73.4 Å². The Morgan fingerprint density at radius 3 is 1.35 bits per heavy atom. The van der Waals surface area contributed by atoms with Crippen molar-refractivity contribution in [3.05, 3.63) is 224 Å². The molecule has 0 N–H and O–H groups in total. The van der Waals surface area contributed by atoms with Crippen molar-refractivity contribution in [1.29, 1.82) is 0 Å². The summed E-state index contributed by atoms with van der Waals surface area (Å²) in [5.74, 6) is 1.89. The number of benzene rings is 9. The lowest BCUT2D eigenvalue weighted by Gasteiger charge is -2.14. The summed E-state index contributed by atoms with van der Waals surface area (Å²) >= 11 is 0. The Labute approximate surface area is 364 Å². The van der Waals surface area contributed by atoms with Crippen molar-refractivity contribution in [2.75, 3.05) is 0 Å². The maximum atomic E-state index is 5.46. The lowest BCUT2D eigenvalue weighted by molar-refractivity contribution is 1.07. The molecule has 0 atom stereocenters. The zero-order valence-electron chi connectivity index (χ0n) is 34.1. The number of fused-ring (bicyclic) bond motifs is 7. The maximum Gasteiger partial charge on any atom is 0.164 e. The first-order valence-corrected chi connectivity index (χ1v) is 21.2. The molecule has 3 heterocycles. The highest BCUT2D eigenvalue weighted by Gasteiger charge is 2.20. The summed E-state index contributed by atoms with van der Waals surface area (Å²) in [4.78, 5) is 20.5. The predicted molar refractivity (Wildman–Crippen MR) is 260 cm³/mol. The van der Waals surface area contributed by atoms with E-state index in [1.807, 2.05) is 36.4 Å². The van der Waals surface area contributed by atoms with Crippen molar-refractivity contribution < 1.29 is 0 Å². The van der Waals surface area contributed by atoms with Gasteiger partial charge < -0.3 is 4.57 Å². The van der Waals surface area contributed by atoms with Crippen molar-refractivity contribution >= 4 is 43.5 Å². The van der Waals surface area contributed by atoms with E-state index in [-0.39, 0.29) is 0 Å². The van der Waals surface area contributed by atoms with Crippen LogP contribution in [0, 0.1) is 0 Å². The third kappa shape index (κ3) is 6.42. The summed E-state index contributed by atoms with van der Waals surface area (Å²) in [7, 11) is 0. The number of para-hydroxylation sites is 2. The second-order valence-electron chi connectivity index (χ2n) is 15.8. The van der Waals surface area contributed by atoms with Gasteiger partial charge in [0, 0.05) is 49.5 Å². The monoisotopic (exact) mass is 803 g/mol. The van der Waals surface area contributed by atoms with E-state index in [2.05, 4.69) is 193 Å². The number of hydrogen-bond donors (Lipinski definition) is 0. The molecule has 0 aliphatic carbocycles. The average molecular weight is 804 g/mol. The highest BCUT2D eigenvalue weighted by molar-refractivity contribution is 6.28. The highest BCUT2D eigenvalue weighted by Crippen LogP contribution is 2.43. The van der Waals surface area contributed by atoms with E-state index < -0.39 is 0 Å².